The second kappa shape index (κ2) is 3.20. The van der Waals surface area contributed by atoms with E-state index in [4.69, 9.17) is 0 Å². The van der Waals surface area contributed by atoms with Crippen molar-refractivity contribution in [3.05, 3.63) is 39.8 Å². The normalized spacial score (nSPS) is 10.1. The fourth-order valence-corrected chi connectivity index (χ4v) is 1.03. The molecule has 0 bridgehead atoms. The van der Waals surface area contributed by atoms with Crippen molar-refractivity contribution in [2.24, 2.45) is 0 Å². The van der Waals surface area contributed by atoms with E-state index in [1.54, 1.807) is 0 Å². The van der Waals surface area contributed by atoms with Gasteiger partial charge in [-0.15, -0.1) is 0 Å². The number of rotatable bonds is 1. The number of hydrogen-bond donors (Lipinski definition) is 0. The lowest BCUT2D eigenvalue weighted by molar-refractivity contribution is 1.40. The molecule has 0 amide bonds. The molecule has 0 atom stereocenters. The monoisotopic (exact) mass is 231 g/mol. The third kappa shape index (κ3) is 1.97. The van der Waals surface area contributed by atoms with Gasteiger partial charge in [-0.05, 0) is 12.5 Å². The minimum absolute atomic E-state index is 1.32. The fourth-order valence-electron chi connectivity index (χ4n) is 0.668. The summed E-state index contributed by atoms with van der Waals surface area (Å²) in [6.07, 6.45) is 0. The van der Waals surface area contributed by atoms with Crippen LogP contribution in [0.5, 0.6) is 0 Å². The van der Waals surface area contributed by atoms with E-state index in [0.717, 1.165) is 0 Å². The Bertz CT molecular complexity index is 167. The molecule has 1 heteroatoms. The van der Waals surface area contributed by atoms with Crippen LogP contribution < -0.4 is 0 Å². The highest BCUT2D eigenvalue weighted by atomic mass is 127. The summed E-state index contributed by atoms with van der Waals surface area (Å²) in [7, 11) is 0. The van der Waals surface area contributed by atoms with Crippen molar-refractivity contribution >= 4 is 22.6 Å². The molecule has 0 N–H and O–H groups in total. The van der Waals surface area contributed by atoms with Crippen LogP contribution in [0.15, 0.2) is 30.3 Å². The van der Waals surface area contributed by atoms with Gasteiger partial charge in [0.25, 0.3) is 0 Å². The predicted molar refractivity (Wildman–Crippen MR) is 48.5 cm³/mol. The van der Waals surface area contributed by atoms with Gasteiger partial charge < -0.3 is 0 Å². The minimum atomic E-state index is 1.32. The van der Waals surface area contributed by atoms with Crippen LogP contribution in [0.4, 0.5) is 0 Å². The van der Waals surface area contributed by atoms with Crippen molar-refractivity contribution in [2.75, 3.05) is 0 Å². The van der Waals surface area contributed by atoms with Crippen molar-refractivity contribution in [3.63, 3.8) is 0 Å². The number of benzene rings is 1. The Kier molecular flexibility index (Phi) is 2.51. The average Bonchev–Trinajstić information content (AvgIpc) is 1.90. The maximum atomic E-state index is 2.32. The van der Waals surface area contributed by atoms with Crippen LogP contribution >= 0.6 is 22.6 Å². The van der Waals surface area contributed by atoms with E-state index in [-0.39, 0.29) is 0 Å². The van der Waals surface area contributed by atoms with Crippen molar-refractivity contribution in [3.8, 4) is 0 Å². The first kappa shape index (κ1) is 7.06. The van der Waals surface area contributed by atoms with E-state index >= 15 is 0 Å². The van der Waals surface area contributed by atoms with Gasteiger partial charge in [-0.1, -0.05) is 52.9 Å². The van der Waals surface area contributed by atoms with Crippen molar-refractivity contribution in [1.29, 1.82) is 0 Å². The highest BCUT2D eigenvalue weighted by Gasteiger charge is 1.96. The second-order valence-electron chi connectivity index (χ2n) is 1.90. The Morgan fingerprint density at radius 2 is 1.78 bits per heavy atom. The summed E-state index contributed by atoms with van der Waals surface area (Å²) in [5.74, 6) is 0. The van der Waals surface area contributed by atoms with E-state index in [1.807, 2.05) is 6.07 Å². The summed E-state index contributed by atoms with van der Waals surface area (Å²) < 4.78 is 1.34. The summed E-state index contributed by atoms with van der Waals surface area (Å²) in [6.45, 7) is 2.11. The van der Waals surface area contributed by atoms with Gasteiger partial charge in [-0.25, -0.2) is 0 Å². The summed E-state index contributed by atoms with van der Waals surface area (Å²) in [4.78, 5) is 0. The van der Waals surface area contributed by atoms with E-state index < -0.39 is 0 Å². The van der Waals surface area contributed by atoms with Crippen molar-refractivity contribution < 1.29 is 0 Å². The van der Waals surface area contributed by atoms with Crippen LogP contribution in [0.25, 0.3) is 0 Å². The summed E-state index contributed by atoms with van der Waals surface area (Å²) >= 11 is 2.32. The van der Waals surface area contributed by atoms with Crippen LogP contribution in [-0.2, 0) is 0 Å². The summed E-state index contributed by atoms with van der Waals surface area (Å²) in [5.41, 5.74) is 1.32. The SMILES string of the molecule is C[C](I)c1ccccc1. The predicted octanol–water partition coefficient (Wildman–Crippen LogP) is 3.02. The summed E-state index contributed by atoms with van der Waals surface area (Å²) in [5, 5.41) is 0. The lowest BCUT2D eigenvalue weighted by atomic mass is 10.2. The standard InChI is InChI=1S/C8H8I/c1-7(9)8-5-3-2-4-6-8/h2-6H,1H3. The Labute approximate surface area is 69.4 Å². The van der Waals surface area contributed by atoms with Gasteiger partial charge in [0, 0.05) is 0 Å². The van der Waals surface area contributed by atoms with Crippen LogP contribution in [0, 0.1) is 3.92 Å². The van der Waals surface area contributed by atoms with E-state index in [2.05, 4.69) is 53.8 Å². The third-order valence-electron chi connectivity index (χ3n) is 1.17. The Morgan fingerprint density at radius 3 is 2.11 bits per heavy atom. The topological polar surface area (TPSA) is 0 Å². The van der Waals surface area contributed by atoms with E-state index in [1.165, 1.54) is 9.49 Å². The molecule has 9 heavy (non-hydrogen) atoms. The number of halogens is 1. The molecule has 1 aromatic rings. The molecule has 0 spiro atoms. The minimum Gasteiger partial charge on any atom is -0.0721 e. The smallest absolute Gasteiger partial charge is 0.0625 e. The van der Waals surface area contributed by atoms with Crippen LogP contribution in [0.1, 0.15) is 12.5 Å². The molecule has 0 aliphatic heterocycles. The van der Waals surface area contributed by atoms with Gasteiger partial charge in [0.05, 0.1) is 3.92 Å². The lowest BCUT2D eigenvalue weighted by Crippen LogP contribution is -1.80. The first-order chi connectivity index (χ1) is 4.30. The first-order valence-corrected chi connectivity index (χ1v) is 3.93. The molecule has 0 saturated heterocycles. The molecule has 47 valence electrons. The molecule has 1 radical (unpaired) electrons. The summed E-state index contributed by atoms with van der Waals surface area (Å²) in [6, 6.07) is 10.4. The third-order valence-corrected chi connectivity index (χ3v) is 1.79. The molecule has 1 rings (SSSR count). The van der Waals surface area contributed by atoms with Crippen LogP contribution in [-0.4, -0.2) is 0 Å². The Hall–Kier alpha value is -0.0500. The molecule has 0 aliphatic rings. The van der Waals surface area contributed by atoms with Crippen molar-refractivity contribution in [2.45, 2.75) is 6.92 Å². The molecule has 0 aromatic heterocycles. The molecule has 0 heterocycles. The molecule has 0 unspecified atom stereocenters. The zero-order chi connectivity index (χ0) is 6.69. The van der Waals surface area contributed by atoms with Gasteiger partial charge >= 0.3 is 0 Å². The van der Waals surface area contributed by atoms with Gasteiger partial charge in [-0.3, -0.25) is 0 Å². The quantitative estimate of drug-likeness (QED) is 0.651. The van der Waals surface area contributed by atoms with Gasteiger partial charge in [0.1, 0.15) is 0 Å². The van der Waals surface area contributed by atoms with Gasteiger partial charge in [0.15, 0.2) is 0 Å². The molecule has 0 nitrogen and oxygen atoms in total. The van der Waals surface area contributed by atoms with Gasteiger partial charge in [0.2, 0.25) is 0 Å². The average molecular weight is 231 g/mol. The molecule has 1 aromatic carbocycles. The van der Waals surface area contributed by atoms with Crippen molar-refractivity contribution in [1.82, 2.24) is 0 Å². The molecule has 0 fully saturated rings. The van der Waals surface area contributed by atoms with Gasteiger partial charge in [-0.2, -0.15) is 0 Å². The largest absolute Gasteiger partial charge is 0.0721 e. The fraction of sp³-hybridized carbons (Fsp3) is 0.125. The Morgan fingerprint density at radius 1 is 1.22 bits per heavy atom. The first-order valence-electron chi connectivity index (χ1n) is 2.85. The van der Waals surface area contributed by atoms with Crippen LogP contribution in [0.3, 0.4) is 0 Å². The molecule has 0 saturated carbocycles. The molecular weight excluding hydrogens is 223 g/mol. The van der Waals surface area contributed by atoms with E-state index in [9.17, 15) is 0 Å². The Balaban J connectivity index is 2.85. The zero-order valence-electron chi connectivity index (χ0n) is 5.26. The maximum absolute atomic E-state index is 2.32. The van der Waals surface area contributed by atoms with Crippen LogP contribution in [0.2, 0.25) is 0 Å². The second-order valence-corrected chi connectivity index (χ2v) is 3.52. The highest BCUT2D eigenvalue weighted by Crippen LogP contribution is 2.19. The van der Waals surface area contributed by atoms with E-state index in [0.29, 0.717) is 0 Å². The lowest BCUT2D eigenvalue weighted by Gasteiger charge is -1.98. The zero-order valence-corrected chi connectivity index (χ0v) is 7.42. The molecule has 0 aliphatic carbocycles. The number of hydrogen-bond acceptors (Lipinski definition) is 0. The molecular formula is C8H8I. The highest BCUT2D eigenvalue weighted by molar-refractivity contribution is 14.1. The maximum Gasteiger partial charge on any atom is 0.0625 e.